The molecule has 0 aromatic heterocycles. The Labute approximate surface area is 243 Å². The zero-order valence-electron chi connectivity index (χ0n) is 22.9. The van der Waals surface area contributed by atoms with E-state index in [0.717, 1.165) is 21.9 Å². The fraction of sp³-hybridized carbons (Fsp3) is 0.176. The molecular weight excluding hydrogens is 538 g/mol. The van der Waals surface area contributed by atoms with Gasteiger partial charge in [-0.3, -0.25) is 4.79 Å². The summed E-state index contributed by atoms with van der Waals surface area (Å²) in [6.07, 6.45) is 0. The molecule has 1 N–H and O–H groups in total. The van der Waals surface area contributed by atoms with Crippen LogP contribution in [0.15, 0.2) is 95.7 Å². The van der Waals surface area contributed by atoms with Crippen LogP contribution < -0.4 is 14.8 Å². The van der Waals surface area contributed by atoms with Crippen molar-refractivity contribution >= 4 is 39.8 Å². The lowest BCUT2D eigenvalue weighted by Crippen LogP contribution is -2.29. The molecule has 0 radical (unpaired) electrons. The van der Waals surface area contributed by atoms with Crippen LogP contribution in [-0.2, 0) is 16.1 Å². The topological polar surface area (TPSA) is 73.9 Å². The summed E-state index contributed by atoms with van der Waals surface area (Å²) in [7, 11) is 1.54. The lowest BCUT2D eigenvalue weighted by atomic mass is 9.79. The summed E-state index contributed by atoms with van der Waals surface area (Å²) in [6.45, 7) is 4.05. The Bertz CT molecular complexity index is 1780. The maximum Gasteiger partial charge on any atom is 0.336 e. The van der Waals surface area contributed by atoms with Gasteiger partial charge in [0.05, 0.1) is 30.0 Å². The van der Waals surface area contributed by atoms with Crippen LogP contribution in [0.1, 0.15) is 46.8 Å². The van der Waals surface area contributed by atoms with E-state index in [4.69, 9.17) is 25.8 Å². The lowest BCUT2D eigenvalue weighted by Gasteiger charge is -2.29. The molecule has 0 amide bonds. The van der Waals surface area contributed by atoms with E-state index in [9.17, 15) is 9.59 Å². The Balaban J connectivity index is 1.43. The van der Waals surface area contributed by atoms with Crippen molar-refractivity contribution in [2.24, 2.45) is 0 Å². The molecule has 4 aromatic carbocycles. The lowest BCUT2D eigenvalue weighted by molar-refractivity contribution is -0.138. The van der Waals surface area contributed by atoms with Crippen molar-refractivity contribution in [2.45, 2.75) is 26.4 Å². The fourth-order valence-corrected chi connectivity index (χ4v) is 6.03. The first kappa shape index (κ1) is 26.7. The number of fused-ring (bicyclic) bond motifs is 3. The van der Waals surface area contributed by atoms with E-state index in [1.54, 1.807) is 25.1 Å². The van der Waals surface area contributed by atoms with E-state index < -0.39 is 11.9 Å². The van der Waals surface area contributed by atoms with Crippen molar-refractivity contribution in [2.75, 3.05) is 13.7 Å². The normalized spacial score (nSPS) is 15.9. The number of Topliss-reactive ketones (excluding diaryl/α,β-unsaturated/α-hetero) is 1. The summed E-state index contributed by atoms with van der Waals surface area (Å²) >= 11 is 6.86. The molecule has 1 heterocycles. The van der Waals surface area contributed by atoms with Gasteiger partial charge < -0.3 is 19.5 Å². The molecule has 1 atom stereocenters. The van der Waals surface area contributed by atoms with Gasteiger partial charge in [0.25, 0.3) is 0 Å². The average molecular weight is 566 g/mol. The molecule has 1 aliphatic carbocycles. The number of dihydropyridines is 1. The van der Waals surface area contributed by atoms with E-state index in [2.05, 4.69) is 23.5 Å². The molecule has 0 unspecified atom stereocenters. The van der Waals surface area contributed by atoms with E-state index in [-0.39, 0.29) is 19.0 Å². The smallest absolute Gasteiger partial charge is 0.336 e. The molecule has 0 spiro atoms. The molecule has 0 bridgehead atoms. The Morgan fingerprint density at radius 3 is 2.49 bits per heavy atom. The molecule has 206 valence electrons. The minimum absolute atomic E-state index is 0.145. The van der Waals surface area contributed by atoms with Crippen molar-refractivity contribution in [3.63, 3.8) is 0 Å². The number of ketones is 1. The monoisotopic (exact) mass is 565 g/mol. The Hall–Kier alpha value is -4.55. The highest BCUT2D eigenvalue weighted by molar-refractivity contribution is 6.32. The minimum atomic E-state index is -0.719. The number of halogens is 1. The van der Waals surface area contributed by atoms with Gasteiger partial charge in [-0.05, 0) is 47.9 Å². The fourth-order valence-electron chi connectivity index (χ4n) is 5.76. The summed E-state index contributed by atoms with van der Waals surface area (Å²) in [5.41, 5.74) is 5.15. The number of carbonyl (C=O) groups excluding carboxylic acids is 2. The number of carbonyl (C=O) groups is 2. The maximum absolute atomic E-state index is 13.8. The summed E-state index contributed by atoms with van der Waals surface area (Å²) in [5, 5.41) is 5.83. The molecule has 0 saturated heterocycles. The number of benzene rings is 4. The predicted octanol–water partition coefficient (Wildman–Crippen LogP) is 7.21. The molecule has 41 heavy (non-hydrogen) atoms. The van der Waals surface area contributed by atoms with Crippen molar-refractivity contribution < 1.29 is 23.8 Å². The van der Waals surface area contributed by atoms with Gasteiger partial charge in [-0.25, -0.2) is 4.79 Å². The molecule has 7 heteroatoms. The zero-order chi connectivity index (χ0) is 28.7. The quantitative estimate of drug-likeness (QED) is 0.239. The van der Waals surface area contributed by atoms with Crippen molar-refractivity contribution in [1.82, 2.24) is 5.32 Å². The van der Waals surface area contributed by atoms with E-state index in [1.165, 1.54) is 7.11 Å². The highest BCUT2D eigenvalue weighted by atomic mass is 35.5. The summed E-state index contributed by atoms with van der Waals surface area (Å²) < 4.78 is 17.4. The van der Waals surface area contributed by atoms with Crippen LogP contribution in [0.5, 0.6) is 11.5 Å². The first-order valence-electron chi connectivity index (χ1n) is 13.4. The van der Waals surface area contributed by atoms with E-state index in [1.807, 2.05) is 49.4 Å². The number of hydrogen-bond donors (Lipinski definition) is 1. The molecule has 6 rings (SSSR count). The largest absolute Gasteiger partial charge is 0.493 e. The molecule has 0 fully saturated rings. The Morgan fingerprint density at radius 1 is 0.976 bits per heavy atom. The second-order valence-electron chi connectivity index (χ2n) is 9.94. The van der Waals surface area contributed by atoms with E-state index >= 15 is 0 Å². The van der Waals surface area contributed by atoms with Gasteiger partial charge in [-0.15, -0.1) is 0 Å². The standard InChI is InChI=1S/C34H28ClNO5/c1-4-40-34(38)28-19(2)36-31-24-14-7-8-15-25(24)32(37)30(31)29(28)22-16-26(35)33(27(17-22)39-3)41-18-21-12-9-11-20-10-5-6-13-23(20)21/h5-17,29,36H,4,18H2,1-3H3/t29-/m1/s1. The third-order valence-corrected chi connectivity index (χ3v) is 7.86. The van der Waals surface area contributed by atoms with Gasteiger partial charge >= 0.3 is 5.97 Å². The minimum Gasteiger partial charge on any atom is -0.493 e. The van der Waals surface area contributed by atoms with Crippen LogP contribution in [0.2, 0.25) is 5.02 Å². The third kappa shape index (κ3) is 4.54. The second kappa shape index (κ2) is 10.8. The number of hydrogen-bond acceptors (Lipinski definition) is 6. The SMILES string of the molecule is CCOC(=O)C1=C(C)NC2=C(C(=O)c3ccccc32)[C@@H]1c1cc(Cl)c(OCc2cccc3ccccc23)c(OC)c1. The van der Waals surface area contributed by atoms with Crippen molar-refractivity contribution in [3.8, 4) is 11.5 Å². The molecule has 4 aromatic rings. The summed E-state index contributed by atoms with van der Waals surface area (Å²) in [5.74, 6) is -0.577. The maximum atomic E-state index is 13.8. The molecule has 6 nitrogen and oxygen atoms in total. The van der Waals surface area contributed by atoms with Gasteiger partial charge in [0.2, 0.25) is 0 Å². The molecule has 2 aliphatic rings. The summed E-state index contributed by atoms with van der Waals surface area (Å²) in [4.78, 5) is 27.0. The van der Waals surface area contributed by atoms with Crippen LogP contribution in [0, 0.1) is 0 Å². The van der Waals surface area contributed by atoms with Crippen molar-refractivity contribution in [3.05, 3.63) is 123 Å². The van der Waals surface area contributed by atoms with Crippen LogP contribution in [0.4, 0.5) is 0 Å². The number of methoxy groups -OCH3 is 1. The molecule has 1 aliphatic heterocycles. The van der Waals surface area contributed by atoms with Crippen LogP contribution in [-0.4, -0.2) is 25.5 Å². The van der Waals surface area contributed by atoms with Gasteiger partial charge in [-0.2, -0.15) is 0 Å². The number of nitrogens with one attached hydrogen (secondary N) is 1. The average Bonchev–Trinajstić information content (AvgIpc) is 3.26. The molecular formula is C34H28ClNO5. The van der Waals surface area contributed by atoms with Gasteiger partial charge in [0.1, 0.15) is 6.61 Å². The highest BCUT2D eigenvalue weighted by Gasteiger charge is 2.43. The summed E-state index contributed by atoms with van der Waals surface area (Å²) in [6, 6.07) is 25.1. The Morgan fingerprint density at radius 2 is 1.71 bits per heavy atom. The van der Waals surface area contributed by atoms with Gasteiger partial charge in [-0.1, -0.05) is 78.3 Å². The second-order valence-corrected chi connectivity index (χ2v) is 10.3. The first-order chi connectivity index (χ1) is 19.9. The number of ether oxygens (including phenoxy) is 3. The number of allylic oxidation sites excluding steroid dienone is 2. The number of esters is 1. The Kier molecular flexibility index (Phi) is 7.01. The van der Waals surface area contributed by atoms with Crippen LogP contribution in [0.3, 0.4) is 0 Å². The predicted molar refractivity (Wildman–Crippen MR) is 159 cm³/mol. The first-order valence-corrected chi connectivity index (χ1v) is 13.8. The zero-order valence-corrected chi connectivity index (χ0v) is 23.7. The van der Waals surface area contributed by atoms with Gasteiger partial charge in [0.15, 0.2) is 17.3 Å². The van der Waals surface area contributed by atoms with Crippen LogP contribution >= 0.6 is 11.6 Å². The van der Waals surface area contributed by atoms with Crippen LogP contribution in [0.25, 0.3) is 16.5 Å². The highest BCUT2D eigenvalue weighted by Crippen LogP contribution is 2.49. The van der Waals surface area contributed by atoms with Gasteiger partial charge in [0, 0.05) is 28.3 Å². The van der Waals surface area contributed by atoms with E-state index in [0.29, 0.717) is 50.2 Å². The number of rotatable bonds is 7. The third-order valence-electron chi connectivity index (χ3n) is 7.58. The molecule has 0 saturated carbocycles. The van der Waals surface area contributed by atoms with Crippen molar-refractivity contribution in [1.29, 1.82) is 0 Å².